The molecule has 1 aliphatic heterocycles. The third-order valence-electron chi connectivity index (χ3n) is 4.11. The molecule has 0 bridgehead atoms. The number of methoxy groups -OCH3 is 1. The van der Waals surface area contributed by atoms with E-state index in [1.54, 1.807) is 7.11 Å². The molecular weight excluding hydrogens is 282 g/mol. The minimum atomic E-state index is -0.203. The predicted molar refractivity (Wildman–Crippen MR) is 88.0 cm³/mol. The van der Waals surface area contributed by atoms with E-state index in [1.807, 2.05) is 54.2 Å². The zero-order chi connectivity index (χ0) is 14.7. The number of carbonyl (C=O) groups excluding carboxylic acids is 1. The van der Waals surface area contributed by atoms with Crippen molar-refractivity contribution < 1.29 is 9.53 Å². The summed E-state index contributed by atoms with van der Waals surface area (Å²) < 4.78 is 5.64. The number of ether oxygens (including phenoxy) is 1. The molecule has 2 aromatic rings. The number of hydrogen-bond acceptors (Lipinski definition) is 3. The van der Waals surface area contributed by atoms with Crippen LogP contribution in [0, 0.1) is 0 Å². The second kappa shape index (κ2) is 6.08. The highest BCUT2D eigenvalue weighted by molar-refractivity contribution is 7.99. The maximum absolute atomic E-state index is 12.5. The van der Waals surface area contributed by atoms with Crippen LogP contribution in [0.15, 0.2) is 42.5 Å². The van der Waals surface area contributed by atoms with Gasteiger partial charge in [0.05, 0.1) is 5.60 Å². The largest absolute Gasteiger partial charge is 0.376 e. The molecule has 0 aliphatic carbocycles. The molecule has 110 valence electrons. The van der Waals surface area contributed by atoms with Gasteiger partial charge in [0, 0.05) is 25.0 Å². The monoisotopic (exact) mass is 301 g/mol. The Balaban J connectivity index is 1.78. The molecule has 1 atom stereocenters. The molecule has 0 aromatic heterocycles. The maximum atomic E-state index is 12.5. The summed E-state index contributed by atoms with van der Waals surface area (Å²) >= 11 is 1.88. The van der Waals surface area contributed by atoms with Gasteiger partial charge in [0.15, 0.2) is 0 Å². The Labute approximate surface area is 129 Å². The summed E-state index contributed by atoms with van der Waals surface area (Å²) in [6, 6.07) is 13.8. The number of amides is 1. The summed E-state index contributed by atoms with van der Waals surface area (Å²) in [6.07, 6.45) is 0.990. The van der Waals surface area contributed by atoms with E-state index < -0.39 is 0 Å². The van der Waals surface area contributed by atoms with Crippen LogP contribution in [0.3, 0.4) is 0 Å². The second-order valence-electron chi connectivity index (χ2n) is 5.40. The molecule has 3 nitrogen and oxygen atoms in total. The standard InChI is InChI=1S/C17H19NO2S/c1-20-17(9-10-21-12-17)11-18-16(19)15-8-4-6-13-5-2-3-7-14(13)15/h2-8H,9-12H2,1H3,(H,18,19)/t17-/m0/s1. The Morgan fingerprint density at radius 2 is 2.10 bits per heavy atom. The molecule has 3 rings (SSSR count). The summed E-state index contributed by atoms with van der Waals surface area (Å²) in [4.78, 5) is 12.5. The van der Waals surface area contributed by atoms with E-state index in [-0.39, 0.29) is 11.5 Å². The SMILES string of the molecule is CO[C@]1(CNC(=O)c2cccc3ccccc23)CCSC1. The smallest absolute Gasteiger partial charge is 0.252 e. The molecule has 1 N–H and O–H groups in total. The fourth-order valence-electron chi connectivity index (χ4n) is 2.72. The number of nitrogens with one attached hydrogen (secondary N) is 1. The fraction of sp³-hybridized carbons (Fsp3) is 0.353. The number of fused-ring (bicyclic) bond motifs is 1. The second-order valence-corrected chi connectivity index (χ2v) is 6.50. The van der Waals surface area contributed by atoms with Gasteiger partial charge >= 0.3 is 0 Å². The van der Waals surface area contributed by atoms with Crippen LogP contribution in [0.5, 0.6) is 0 Å². The van der Waals surface area contributed by atoms with Crippen LogP contribution in [0.4, 0.5) is 0 Å². The molecule has 1 aliphatic rings. The van der Waals surface area contributed by atoms with Crippen LogP contribution in [-0.4, -0.2) is 36.7 Å². The van der Waals surface area contributed by atoms with Crippen LogP contribution in [0.25, 0.3) is 10.8 Å². The lowest BCUT2D eigenvalue weighted by Crippen LogP contribution is -2.44. The van der Waals surface area contributed by atoms with Gasteiger partial charge in [-0.05, 0) is 29.0 Å². The van der Waals surface area contributed by atoms with Crippen molar-refractivity contribution in [2.45, 2.75) is 12.0 Å². The first-order valence-corrected chi connectivity index (χ1v) is 8.28. The van der Waals surface area contributed by atoms with Gasteiger partial charge in [0.25, 0.3) is 5.91 Å². The van der Waals surface area contributed by atoms with E-state index in [2.05, 4.69) is 5.32 Å². The van der Waals surface area contributed by atoms with E-state index in [1.165, 1.54) is 0 Å². The van der Waals surface area contributed by atoms with E-state index in [4.69, 9.17) is 4.74 Å². The molecule has 0 radical (unpaired) electrons. The highest BCUT2D eigenvalue weighted by Gasteiger charge is 2.34. The van der Waals surface area contributed by atoms with Gasteiger partial charge in [-0.25, -0.2) is 0 Å². The molecule has 4 heteroatoms. The van der Waals surface area contributed by atoms with Gasteiger partial charge in [-0.3, -0.25) is 4.79 Å². The highest BCUT2D eigenvalue weighted by atomic mass is 32.2. The van der Waals surface area contributed by atoms with Gasteiger partial charge in [0.1, 0.15) is 0 Å². The Bertz CT molecular complexity index is 645. The van der Waals surface area contributed by atoms with Crippen molar-refractivity contribution in [3.8, 4) is 0 Å². The molecule has 1 fully saturated rings. The van der Waals surface area contributed by atoms with Crippen molar-refractivity contribution in [2.75, 3.05) is 25.2 Å². The normalized spacial score (nSPS) is 21.6. The van der Waals surface area contributed by atoms with Gasteiger partial charge < -0.3 is 10.1 Å². The lowest BCUT2D eigenvalue weighted by Gasteiger charge is -2.26. The number of carbonyl (C=O) groups is 1. The lowest BCUT2D eigenvalue weighted by atomic mass is 10.0. The average molecular weight is 301 g/mol. The quantitative estimate of drug-likeness (QED) is 0.943. The molecule has 1 saturated heterocycles. The van der Waals surface area contributed by atoms with Gasteiger partial charge in [-0.2, -0.15) is 11.8 Å². The maximum Gasteiger partial charge on any atom is 0.252 e. The lowest BCUT2D eigenvalue weighted by molar-refractivity contribution is 0.0137. The number of rotatable bonds is 4. The van der Waals surface area contributed by atoms with E-state index in [0.717, 1.165) is 34.3 Å². The van der Waals surface area contributed by atoms with Crippen molar-refractivity contribution >= 4 is 28.4 Å². The van der Waals surface area contributed by atoms with Crippen LogP contribution < -0.4 is 5.32 Å². The predicted octanol–water partition coefficient (Wildman–Crippen LogP) is 3.09. The van der Waals surface area contributed by atoms with Crippen LogP contribution >= 0.6 is 11.8 Å². The van der Waals surface area contributed by atoms with Crippen molar-refractivity contribution in [2.24, 2.45) is 0 Å². The number of benzene rings is 2. The molecule has 2 aromatic carbocycles. The van der Waals surface area contributed by atoms with Gasteiger partial charge in [0.2, 0.25) is 0 Å². The van der Waals surface area contributed by atoms with Crippen LogP contribution in [-0.2, 0) is 4.74 Å². The molecule has 0 unspecified atom stereocenters. The molecule has 1 heterocycles. The summed E-state index contributed by atoms with van der Waals surface area (Å²) in [5.41, 5.74) is 0.523. The first kappa shape index (κ1) is 14.4. The first-order valence-electron chi connectivity index (χ1n) is 7.13. The Morgan fingerprint density at radius 1 is 1.29 bits per heavy atom. The third kappa shape index (κ3) is 2.92. The average Bonchev–Trinajstić information content (AvgIpc) is 3.01. The third-order valence-corrected chi connectivity index (χ3v) is 5.33. The van der Waals surface area contributed by atoms with E-state index in [0.29, 0.717) is 6.54 Å². The zero-order valence-electron chi connectivity index (χ0n) is 12.1. The highest BCUT2D eigenvalue weighted by Crippen LogP contribution is 2.30. The first-order chi connectivity index (χ1) is 10.2. The fourth-order valence-corrected chi connectivity index (χ4v) is 4.12. The van der Waals surface area contributed by atoms with Crippen LogP contribution in [0.2, 0.25) is 0 Å². The molecule has 1 amide bonds. The molecular formula is C17H19NO2S. The topological polar surface area (TPSA) is 38.3 Å². The van der Waals surface area contributed by atoms with Crippen LogP contribution in [0.1, 0.15) is 16.8 Å². The molecule has 0 saturated carbocycles. The van der Waals surface area contributed by atoms with Gasteiger partial charge in [-0.1, -0.05) is 36.4 Å². The van der Waals surface area contributed by atoms with Crippen molar-refractivity contribution in [1.29, 1.82) is 0 Å². The van der Waals surface area contributed by atoms with Gasteiger partial charge in [-0.15, -0.1) is 0 Å². The molecule has 0 spiro atoms. The van der Waals surface area contributed by atoms with Crippen molar-refractivity contribution in [1.82, 2.24) is 5.32 Å². The summed E-state index contributed by atoms with van der Waals surface area (Å²) in [7, 11) is 1.73. The number of thioether (sulfide) groups is 1. The number of hydrogen-bond donors (Lipinski definition) is 1. The minimum Gasteiger partial charge on any atom is -0.376 e. The minimum absolute atomic E-state index is 0.0277. The van der Waals surface area contributed by atoms with E-state index >= 15 is 0 Å². The Morgan fingerprint density at radius 3 is 2.86 bits per heavy atom. The Kier molecular flexibility index (Phi) is 4.17. The Hall–Kier alpha value is -1.52. The summed E-state index contributed by atoms with van der Waals surface area (Å²) in [6.45, 7) is 0.568. The summed E-state index contributed by atoms with van der Waals surface area (Å²) in [5.74, 6) is 2.01. The van der Waals surface area contributed by atoms with Crippen molar-refractivity contribution in [3.05, 3.63) is 48.0 Å². The van der Waals surface area contributed by atoms with Crippen molar-refractivity contribution in [3.63, 3.8) is 0 Å². The molecule has 21 heavy (non-hydrogen) atoms. The zero-order valence-corrected chi connectivity index (χ0v) is 12.9. The summed E-state index contributed by atoms with van der Waals surface area (Å²) in [5, 5.41) is 5.12. The van der Waals surface area contributed by atoms with E-state index in [9.17, 15) is 4.79 Å².